The number of para-hydroxylation sites is 1. The highest BCUT2D eigenvalue weighted by molar-refractivity contribution is 9.10. The number of carbonyl (C=O) groups excluding carboxylic acids is 1. The highest BCUT2D eigenvalue weighted by atomic mass is 79.9. The van der Waals surface area contributed by atoms with Crippen LogP contribution in [0.15, 0.2) is 53.0 Å². The third-order valence-corrected chi connectivity index (χ3v) is 3.91. The van der Waals surface area contributed by atoms with Gasteiger partial charge < -0.3 is 10.1 Å². The first-order chi connectivity index (χ1) is 10.6. The number of nitrogens with one attached hydrogen (secondary N) is 1. The van der Waals surface area contributed by atoms with Gasteiger partial charge >= 0.3 is 0 Å². The molecule has 0 heterocycles. The van der Waals surface area contributed by atoms with Gasteiger partial charge in [-0.25, -0.2) is 0 Å². The molecule has 0 aromatic heterocycles. The molecule has 0 fully saturated rings. The predicted molar refractivity (Wildman–Crippen MR) is 91.9 cm³/mol. The lowest BCUT2D eigenvalue weighted by atomic mass is 10.1. The summed E-state index contributed by atoms with van der Waals surface area (Å²) in [4.78, 5) is 11.8. The number of ether oxygens (including phenoxy) is 1. The van der Waals surface area contributed by atoms with E-state index in [-0.39, 0.29) is 5.91 Å². The van der Waals surface area contributed by atoms with Gasteiger partial charge in [0, 0.05) is 13.0 Å². The van der Waals surface area contributed by atoms with E-state index in [4.69, 9.17) is 4.74 Å². The molecule has 3 nitrogen and oxygen atoms in total. The molecule has 0 spiro atoms. The van der Waals surface area contributed by atoms with Crippen molar-refractivity contribution < 1.29 is 9.53 Å². The minimum absolute atomic E-state index is 0.0521. The maximum atomic E-state index is 11.8. The number of benzene rings is 2. The molecular weight excluding hydrogens is 342 g/mol. The fourth-order valence-corrected chi connectivity index (χ4v) is 2.37. The molecule has 116 valence electrons. The maximum absolute atomic E-state index is 11.8. The Bertz CT molecular complexity index is 611. The first-order valence-electron chi connectivity index (χ1n) is 7.35. The van der Waals surface area contributed by atoms with Crippen molar-refractivity contribution in [3.05, 3.63) is 64.1 Å². The van der Waals surface area contributed by atoms with Crippen molar-refractivity contribution in [2.24, 2.45) is 0 Å². The van der Waals surface area contributed by atoms with Crippen molar-refractivity contribution in [1.29, 1.82) is 0 Å². The second kappa shape index (κ2) is 8.59. The lowest BCUT2D eigenvalue weighted by molar-refractivity contribution is -0.121. The number of rotatable bonds is 7. The van der Waals surface area contributed by atoms with Crippen molar-refractivity contribution in [2.45, 2.75) is 26.3 Å². The largest absolute Gasteiger partial charge is 0.492 e. The molecule has 1 amide bonds. The van der Waals surface area contributed by atoms with Crippen LogP contribution >= 0.6 is 15.9 Å². The molecule has 0 aliphatic heterocycles. The highest BCUT2D eigenvalue weighted by Crippen LogP contribution is 2.23. The van der Waals surface area contributed by atoms with Crippen LogP contribution in [0.1, 0.15) is 24.0 Å². The van der Waals surface area contributed by atoms with Crippen LogP contribution in [0.5, 0.6) is 5.75 Å². The summed E-state index contributed by atoms with van der Waals surface area (Å²) < 4.78 is 6.57. The Hall–Kier alpha value is -1.81. The zero-order chi connectivity index (χ0) is 15.8. The van der Waals surface area contributed by atoms with E-state index in [2.05, 4.69) is 21.2 Å². The average molecular weight is 362 g/mol. The summed E-state index contributed by atoms with van der Waals surface area (Å²) in [5, 5.41) is 2.92. The number of hydrogen-bond donors (Lipinski definition) is 1. The summed E-state index contributed by atoms with van der Waals surface area (Å²) in [5.74, 6) is 0.860. The van der Waals surface area contributed by atoms with E-state index in [1.807, 2.05) is 55.5 Å². The minimum Gasteiger partial charge on any atom is -0.492 e. The molecule has 4 heteroatoms. The van der Waals surface area contributed by atoms with Gasteiger partial charge in [-0.1, -0.05) is 42.0 Å². The van der Waals surface area contributed by atoms with E-state index in [1.165, 1.54) is 5.56 Å². The Morgan fingerprint density at radius 1 is 1.14 bits per heavy atom. The van der Waals surface area contributed by atoms with Crippen molar-refractivity contribution >= 4 is 21.8 Å². The van der Waals surface area contributed by atoms with Gasteiger partial charge in [-0.2, -0.15) is 0 Å². The van der Waals surface area contributed by atoms with Gasteiger partial charge in [0.15, 0.2) is 0 Å². The van der Waals surface area contributed by atoms with E-state index >= 15 is 0 Å². The molecule has 0 atom stereocenters. The predicted octanol–water partition coefficient (Wildman–Crippen LogP) is 4.23. The van der Waals surface area contributed by atoms with Crippen LogP contribution in [-0.4, -0.2) is 12.5 Å². The molecule has 2 rings (SSSR count). The third kappa shape index (κ3) is 5.53. The molecule has 1 N–H and O–H groups in total. The molecule has 0 unspecified atom stereocenters. The summed E-state index contributed by atoms with van der Waals surface area (Å²) in [6.07, 6.45) is 1.16. The Morgan fingerprint density at radius 2 is 1.86 bits per heavy atom. The quantitative estimate of drug-likeness (QED) is 0.749. The van der Waals surface area contributed by atoms with Gasteiger partial charge in [0.05, 0.1) is 11.1 Å². The molecule has 0 radical (unpaired) electrons. The molecule has 0 saturated carbocycles. The number of hydrogen-bond acceptors (Lipinski definition) is 2. The number of amides is 1. The highest BCUT2D eigenvalue weighted by Gasteiger charge is 2.03. The van der Waals surface area contributed by atoms with Crippen molar-refractivity contribution in [3.8, 4) is 5.75 Å². The van der Waals surface area contributed by atoms with Gasteiger partial charge in [0.1, 0.15) is 5.75 Å². The van der Waals surface area contributed by atoms with E-state index in [9.17, 15) is 4.79 Å². The van der Waals surface area contributed by atoms with Crippen LogP contribution in [0, 0.1) is 6.92 Å². The van der Waals surface area contributed by atoms with Crippen LogP contribution in [0.4, 0.5) is 0 Å². The SMILES string of the molecule is Cc1ccc(CNC(=O)CCCOc2ccccc2Br)cc1. The van der Waals surface area contributed by atoms with Gasteiger partial charge in [-0.15, -0.1) is 0 Å². The van der Waals surface area contributed by atoms with E-state index < -0.39 is 0 Å². The Morgan fingerprint density at radius 3 is 2.59 bits per heavy atom. The normalized spacial score (nSPS) is 10.3. The van der Waals surface area contributed by atoms with Crippen molar-refractivity contribution in [2.75, 3.05) is 6.61 Å². The van der Waals surface area contributed by atoms with E-state index in [0.29, 0.717) is 26.0 Å². The van der Waals surface area contributed by atoms with Crippen LogP contribution in [0.2, 0.25) is 0 Å². The van der Waals surface area contributed by atoms with Crippen LogP contribution in [-0.2, 0) is 11.3 Å². The molecule has 0 saturated heterocycles. The van der Waals surface area contributed by atoms with Gasteiger partial charge in [0.2, 0.25) is 5.91 Å². The van der Waals surface area contributed by atoms with Crippen LogP contribution in [0.3, 0.4) is 0 Å². The lowest BCUT2D eigenvalue weighted by Gasteiger charge is -2.08. The Kier molecular flexibility index (Phi) is 6.46. The fourth-order valence-electron chi connectivity index (χ4n) is 1.97. The maximum Gasteiger partial charge on any atom is 0.220 e. The van der Waals surface area contributed by atoms with Crippen LogP contribution in [0.25, 0.3) is 0 Å². The zero-order valence-corrected chi connectivity index (χ0v) is 14.2. The summed E-state index contributed by atoms with van der Waals surface area (Å²) >= 11 is 3.43. The summed E-state index contributed by atoms with van der Waals surface area (Å²) in [7, 11) is 0. The monoisotopic (exact) mass is 361 g/mol. The molecule has 0 aliphatic rings. The van der Waals surface area contributed by atoms with E-state index in [0.717, 1.165) is 15.8 Å². The molecule has 0 aliphatic carbocycles. The first-order valence-corrected chi connectivity index (χ1v) is 8.14. The molecule has 0 bridgehead atoms. The zero-order valence-electron chi connectivity index (χ0n) is 12.6. The third-order valence-electron chi connectivity index (χ3n) is 3.25. The van der Waals surface area contributed by atoms with E-state index in [1.54, 1.807) is 0 Å². The van der Waals surface area contributed by atoms with Crippen molar-refractivity contribution in [1.82, 2.24) is 5.32 Å². The Balaban J connectivity index is 1.64. The number of halogens is 1. The summed E-state index contributed by atoms with van der Waals surface area (Å²) in [6, 6.07) is 15.9. The Labute approximate surface area is 139 Å². The second-order valence-corrected chi connectivity index (χ2v) is 6.00. The molecule has 2 aromatic rings. The second-order valence-electron chi connectivity index (χ2n) is 5.14. The lowest BCUT2D eigenvalue weighted by Crippen LogP contribution is -2.22. The van der Waals surface area contributed by atoms with Gasteiger partial charge in [-0.05, 0) is 47.0 Å². The minimum atomic E-state index is 0.0521. The smallest absolute Gasteiger partial charge is 0.220 e. The molecule has 22 heavy (non-hydrogen) atoms. The van der Waals surface area contributed by atoms with Gasteiger partial charge in [-0.3, -0.25) is 4.79 Å². The first kappa shape index (κ1) is 16.6. The fraction of sp³-hybridized carbons (Fsp3) is 0.278. The molecular formula is C18H20BrNO2. The number of carbonyl (C=O) groups is 1. The topological polar surface area (TPSA) is 38.3 Å². The molecule has 2 aromatic carbocycles. The standard InChI is InChI=1S/C18H20BrNO2/c1-14-8-10-15(11-9-14)13-20-18(21)7-4-12-22-17-6-3-2-5-16(17)19/h2-3,5-6,8-11H,4,7,12-13H2,1H3,(H,20,21). The summed E-state index contributed by atoms with van der Waals surface area (Å²) in [6.45, 7) is 3.15. The summed E-state index contributed by atoms with van der Waals surface area (Å²) in [5.41, 5.74) is 2.34. The average Bonchev–Trinajstić information content (AvgIpc) is 2.52. The van der Waals surface area contributed by atoms with Crippen molar-refractivity contribution in [3.63, 3.8) is 0 Å². The number of aryl methyl sites for hydroxylation is 1. The van der Waals surface area contributed by atoms with Gasteiger partial charge in [0.25, 0.3) is 0 Å². The van der Waals surface area contributed by atoms with Crippen LogP contribution < -0.4 is 10.1 Å².